The van der Waals surface area contributed by atoms with E-state index in [0.717, 1.165) is 6.92 Å². The number of carbonyl (C=O) groups is 1. The van der Waals surface area contributed by atoms with E-state index in [1.54, 1.807) is 0 Å². The Balaban J connectivity index is 3.38. The molecular weight excluding hydrogens is 264 g/mol. The molecule has 0 saturated heterocycles. The van der Waals surface area contributed by atoms with Crippen LogP contribution in [0.1, 0.15) is 6.92 Å². The largest absolute Gasteiger partial charge is 0.324 e. The zero-order valence-corrected chi connectivity index (χ0v) is 9.49. The summed E-state index contributed by atoms with van der Waals surface area (Å²) in [5.41, 5.74) is -0.451. The fourth-order valence-electron chi connectivity index (χ4n) is 1.00. The van der Waals surface area contributed by atoms with Crippen molar-refractivity contribution in [3.63, 3.8) is 0 Å². The van der Waals surface area contributed by atoms with Gasteiger partial charge in [-0.25, -0.2) is 17.2 Å². The van der Waals surface area contributed by atoms with E-state index in [1.807, 2.05) is 5.32 Å². The summed E-state index contributed by atoms with van der Waals surface area (Å²) >= 11 is 0. The first-order chi connectivity index (χ1) is 7.21. The quantitative estimate of drug-likeness (QED) is 0.834. The lowest BCUT2D eigenvalue weighted by atomic mass is 10.3. The average molecular weight is 270 g/mol. The number of carbonyl (C=O) groups excluding carboxylic acids is 1. The molecule has 1 aromatic carbocycles. The maximum absolute atomic E-state index is 13.1. The summed E-state index contributed by atoms with van der Waals surface area (Å²) in [6.45, 7) is 1.09. The van der Waals surface area contributed by atoms with Crippen molar-refractivity contribution in [1.82, 2.24) is 0 Å². The normalized spacial score (nSPS) is 11.2. The number of benzene rings is 1. The summed E-state index contributed by atoms with van der Waals surface area (Å²) in [6, 6.07) is 0.953. The Labute approximate surface area is 94.6 Å². The molecule has 0 radical (unpaired) electrons. The van der Waals surface area contributed by atoms with E-state index in [4.69, 9.17) is 10.7 Å². The third kappa shape index (κ3) is 2.89. The van der Waals surface area contributed by atoms with Crippen LogP contribution in [0.25, 0.3) is 0 Å². The molecule has 0 aliphatic heterocycles. The number of halogens is 3. The second-order valence-electron chi connectivity index (χ2n) is 2.88. The van der Waals surface area contributed by atoms with Crippen molar-refractivity contribution in [3.05, 3.63) is 23.8 Å². The van der Waals surface area contributed by atoms with E-state index in [9.17, 15) is 22.0 Å². The van der Waals surface area contributed by atoms with Gasteiger partial charge in [0.1, 0.15) is 16.5 Å². The molecule has 0 aliphatic carbocycles. The number of anilines is 1. The Bertz CT molecular complexity index is 544. The molecule has 0 unspecified atom stereocenters. The van der Waals surface area contributed by atoms with E-state index in [0.29, 0.717) is 12.1 Å². The standard InChI is InChI=1S/C8H6ClF2NO3S/c1-4(13)12-7-3-8(16(9,14)15)6(11)2-5(7)10/h2-3H,1H3,(H,12,13). The first-order valence-corrected chi connectivity index (χ1v) is 6.24. The molecule has 88 valence electrons. The molecule has 1 amide bonds. The fourth-order valence-corrected chi connectivity index (χ4v) is 1.91. The highest BCUT2D eigenvalue weighted by atomic mass is 35.7. The van der Waals surface area contributed by atoms with Gasteiger partial charge in [0.25, 0.3) is 9.05 Å². The van der Waals surface area contributed by atoms with Gasteiger partial charge in [-0.15, -0.1) is 0 Å². The van der Waals surface area contributed by atoms with Gasteiger partial charge in [-0.2, -0.15) is 0 Å². The van der Waals surface area contributed by atoms with E-state index in [2.05, 4.69) is 0 Å². The molecule has 1 rings (SSSR count). The molecule has 0 bridgehead atoms. The molecule has 8 heteroatoms. The number of nitrogens with one attached hydrogen (secondary N) is 1. The van der Waals surface area contributed by atoms with Crippen LogP contribution in [0.15, 0.2) is 17.0 Å². The fraction of sp³-hybridized carbons (Fsp3) is 0.125. The Morgan fingerprint density at radius 3 is 2.31 bits per heavy atom. The predicted octanol–water partition coefficient (Wildman–Crippen LogP) is 1.85. The van der Waals surface area contributed by atoms with Crippen molar-refractivity contribution in [1.29, 1.82) is 0 Å². The zero-order chi connectivity index (χ0) is 12.5. The molecule has 1 N–H and O–H groups in total. The van der Waals surface area contributed by atoms with Crippen LogP contribution in [0, 0.1) is 11.6 Å². The third-order valence-corrected chi connectivity index (χ3v) is 2.93. The molecular formula is C8H6ClF2NO3S. The van der Waals surface area contributed by atoms with Crippen molar-refractivity contribution in [2.24, 2.45) is 0 Å². The lowest BCUT2D eigenvalue weighted by molar-refractivity contribution is -0.114. The van der Waals surface area contributed by atoms with Gasteiger partial charge in [0.15, 0.2) is 0 Å². The van der Waals surface area contributed by atoms with Crippen LogP contribution in [0.4, 0.5) is 14.5 Å². The van der Waals surface area contributed by atoms with Gasteiger partial charge in [0.05, 0.1) is 5.69 Å². The van der Waals surface area contributed by atoms with Gasteiger partial charge in [-0.3, -0.25) is 4.79 Å². The first-order valence-electron chi connectivity index (χ1n) is 3.93. The van der Waals surface area contributed by atoms with Crippen molar-refractivity contribution in [3.8, 4) is 0 Å². The minimum atomic E-state index is -4.33. The lowest BCUT2D eigenvalue weighted by Gasteiger charge is -2.06. The van der Waals surface area contributed by atoms with Crippen molar-refractivity contribution >= 4 is 31.3 Å². The summed E-state index contributed by atoms with van der Waals surface area (Å²) in [6.07, 6.45) is 0. The van der Waals surface area contributed by atoms with Crippen LogP contribution in [-0.2, 0) is 13.8 Å². The maximum atomic E-state index is 13.1. The minimum absolute atomic E-state index is 0.334. The molecule has 0 aliphatic rings. The minimum Gasteiger partial charge on any atom is -0.324 e. The SMILES string of the molecule is CC(=O)Nc1cc(S(=O)(=O)Cl)c(F)cc1F. The van der Waals surface area contributed by atoms with Crippen molar-refractivity contribution in [2.45, 2.75) is 11.8 Å². The Hall–Kier alpha value is -1.21. The molecule has 0 heterocycles. The van der Waals surface area contributed by atoms with E-state index >= 15 is 0 Å². The van der Waals surface area contributed by atoms with E-state index in [-0.39, 0.29) is 0 Å². The topological polar surface area (TPSA) is 63.2 Å². The smallest absolute Gasteiger partial charge is 0.264 e. The molecule has 0 atom stereocenters. The van der Waals surface area contributed by atoms with Crippen LogP contribution in [0.5, 0.6) is 0 Å². The zero-order valence-electron chi connectivity index (χ0n) is 7.92. The summed E-state index contributed by atoms with van der Waals surface area (Å²) in [5.74, 6) is -3.03. The van der Waals surface area contributed by atoms with E-state index in [1.165, 1.54) is 0 Å². The average Bonchev–Trinajstić information content (AvgIpc) is 2.06. The molecule has 0 fully saturated rings. The van der Waals surface area contributed by atoms with E-state index < -0.39 is 37.2 Å². The molecule has 4 nitrogen and oxygen atoms in total. The van der Waals surface area contributed by atoms with Crippen LogP contribution in [0.2, 0.25) is 0 Å². The third-order valence-electron chi connectivity index (χ3n) is 1.59. The van der Waals surface area contributed by atoms with Crippen LogP contribution in [-0.4, -0.2) is 14.3 Å². The van der Waals surface area contributed by atoms with Gasteiger partial charge >= 0.3 is 0 Å². The van der Waals surface area contributed by atoms with Crippen molar-refractivity contribution in [2.75, 3.05) is 5.32 Å². The van der Waals surface area contributed by atoms with Gasteiger partial charge < -0.3 is 5.32 Å². The van der Waals surface area contributed by atoms with Gasteiger partial charge in [0, 0.05) is 23.7 Å². The highest BCUT2D eigenvalue weighted by Crippen LogP contribution is 2.25. The van der Waals surface area contributed by atoms with Crippen LogP contribution in [0.3, 0.4) is 0 Å². The maximum Gasteiger partial charge on any atom is 0.264 e. The second kappa shape index (κ2) is 4.34. The molecule has 0 aromatic heterocycles. The molecule has 0 spiro atoms. The predicted molar refractivity (Wildman–Crippen MR) is 53.7 cm³/mol. The summed E-state index contributed by atoms with van der Waals surface area (Å²) in [7, 11) is 0.592. The second-order valence-corrected chi connectivity index (χ2v) is 5.42. The highest BCUT2D eigenvalue weighted by molar-refractivity contribution is 8.13. The van der Waals surface area contributed by atoms with Gasteiger partial charge in [-0.05, 0) is 6.07 Å². The van der Waals surface area contributed by atoms with Crippen LogP contribution >= 0.6 is 10.7 Å². The molecule has 0 saturated carbocycles. The Kier molecular flexibility index (Phi) is 3.49. The molecule has 1 aromatic rings. The summed E-state index contributed by atoms with van der Waals surface area (Å²) in [5, 5.41) is 2.01. The first kappa shape index (κ1) is 12.9. The summed E-state index contributed by atoms with van der Waals surface area (Å²) in [4.78, 5) is 9.77. The van der Waals surface area contributed by atoms with Crippen LogP contribution < -0.4 is 5.32 Å². The summed E-state index contributed by atoms with van der Waals surface area (Å²) < 4.78 is 47.9. The Morgan fingerprint density at radius 1 is 1.31 bits per heavy atom. The van der Waals surface area contributed by atoms with Gasteiger partial charge in [0.2, 0.25) is 5.91 Å². The van der Waals surface area contributed by atoms with Crippen molar-refractivity contribution < 1.29 is 22.0 Å². The number of hydrogen-bond donors (Lipinski definition) is 1. The number of amides is 1. The Morgan fingerprint density at radius 2 is 1.88 bits per heavy atom. The monoisotopic (exact) mass is 269 g/mol. The van der Waals surface area contributed by atoms with Gasteiger partial charge in [-0.1, -0.05) is 0 Å². The number of rotatable bonds is 2. The number of hydrogen-bond acceptors (Lipinski definition) is 3. The highest BCUT2D eigenvalue weighted by Gasteiger charge is 2.19. The lowest BCUT2D eigenvalue weighted by Crippen LogP contribution is -2.09. The molecule has 16 heavy (non-hydrogen) atoms.